The number of halogens is 2. The number of nitrogens with zero attached hydrogens (tertiary/aromatic N) is 1. The average Bonchev–Trinajstić information content (AvgIpc) is 3.58. The molecule has 2 aromatic carbocycles. The number of benzene rings is 2. The van der Waals surface area contributed by atoms with Gasteiger partial charge in [-0.25, -0.2) is 0 Å². The Morgan fingerprint density at radius 1 is 1.04 bits per heavy atom. The van der Waals surface area contributed by atoms with Gasteiger partial charge >= 0.3 is 5.97 Å². The van der Waals surface area contributed by atoms with Gasteiger partial charge in [-0.2, -0.15) is 0 Å². The quantitative estimate of drug-likeness (QED) is 0.308. The van der Waals surface area contributed by atoms with Crippen molar-refractivity contribution in [3.63, 3.8) is 0 Å². The van der Waals surface area contributed by atoms with Crippen LogP contribution in [0.2, 0.25) is 10.0 Å². The number of methoxy groups -OCH3 is 3. The fraction of sp³-hybridized carbons (Fsp3) is 0.500. The molecule has 2 aromatic rings. The highest BCUT2D eigenvalue weighted by molar-refractivity contribution is 6.35. The van der Waals surface area contributed by atoms with Gasteiger partial charge in [0.15, 0.2) is 11.5 Å². The highest BCUT2D eigenvalue weighted by atomic mass is 35.5. The highest BCUT2D eigenvalue weighted by Crippen LogP contribution is 2.52. The number of ether oxygens (including phenoxy) is 4. The molecule has 1 saturated carbocycles. The van der Waals surface area contributed by atoms with E-state index in [1.54, 1.807) is 49.5 Å². The summed E-state index contributed by atoms with van der Waals surface area (Å²) in [7, 11) is 4.44. The summed E-state index contributed by atoms with van der Waals surface area (Å²) in [5.41, 5.74) is 0.746. The minimum Gasteiger partial charge on any atom is -0.493 e. The van der Waals surface area contributed by atoms with Gasteiger partial charge in [-0.1, -0.05) is 48.2 Å². The number of carbonyl (C=O) groups excluding carboxylic acids is 3. The van der Waals surface area contributed by atoms with Gasteiger partial charge in [0.2, 0.25) is 11.8 Å². The summed E-state index contributed by atoms with van der Waals surface area (Å²) in [6, 6.07) is 10.5. The molecular weight excluding hydrogens is 619 g/mol. The first-order chi connectivity index (χ1) is 21.6. The van der Waals surface area contributed by atoms with Gasteiger partial charge < -0.3 is 29.2 Å². The second-order valence-electron chi connectivity index (χ2n) is 12.0. The monoisotopic (exact) mass is 658 g/mol. The molecule has 5 rings (SSSR count). The minimum absolute atomic E-state index is 0.0809. The van der Waals surface area contributed by atoms with Crippen molar-refractivity contribution in [3.8, 4) is 11.5 Å². The molecule has 2 heterocycles. The van der Waals surface area contributed by atoms with E-state index in [2.05, 4.69) is 5.32 Å². The van der Waals surface area contributed by atoms with Gasteiger partial charge in [0.05, 0.1) is 40.1 Å². The molecule has 2 fully saturated rings. The van der Waals surface area contributed by atoms with Crippen molar-refractivity contribution in [1.29, 1.82) is 0 Å². The van der Waals surface area contributed by atoms with Crippen molar-refractivity contribution in [1.82, 2.24) is 10.2 Å². The van der Waals surface area contributed by atoms with Crippen LogP contribution in [0.15, 0.2) is 48.2 Å². The molecule has 0 bridgehead atoms. The van der Waals surface area contributed by atoms with Gasteiger partial charge in [-0.15, -0.1) is 0 Å². The number of carbonyl (C=O) groups is 3. The molecule has 2 aliphatic heterocycles. The zero-order valence-corrected chi connectivity index (χ0v) is 27.6. The average molecular weight is 660 g/mol. The third kappa shape index (κ3) is 6.67. The molecule has 1 saturated heterocycles. The Kier molecular flexibility index (Phi) is 10.3. The molecule has 0 radical (unpaired) electrons. The molecule has 0 spiro atoms. The fourth-order valence-electron chi connectivity index (χ4n) is 7.02. The minimum atomic E-state index is -1.29. The van der Waals surface area contributed by atoms with Crippen LogP contribution in [0, 0.1) is 17.3 Å². The summed E-state index contributed by atoms with van der Waals surface area (Å²) < 4.78 is 22.6. The van der Waals surface area contributed by atoms with E-state index in [1.807, 2.05) is 19.1 Å². The fourth-order valence-corrected chi connectivity index (χ4v) is 7.49. The maximum Gasteiger partial charge on any atom is 0.320 e. The first kappa shape index (κ1) is 33.1. The Morgan fingerprint density at radius 3 is 2.44 bits per heavy atom. The van der Waals surface area contributed by atoms with Crippen molar-refractivity contribution in [2.45, 2.75) is 70.7 Å². The first-order valence-electron chi connectivity index (χ1n) is 15.3. The van der Waals surface area contributed by atoms with E-state index in [4.69, 9.17) is 42.1 Å². The van der Waals surface area contributed by atoms with Gasteiger partial charge in [-0.05, 0) is 73.6 Å². The SMILES string of the molecule is COC(=O)[C@]12C[C@H](CC(=O)NCc3ccc(OC)c(OC)c3)C(=O)N(Cc3ccc(Cl)cc3Cl)C1=C[C@H](C1CCCC1)O[C@@H]2C. The Bertz CT molecular complexity index is 1470. The number of esters is 1. The number of nitrogens with one attached hydrogen (secondary N) is 1. The van der Waals surface area contributed by atoms with Gasteiger partial charge in [0, 0.05) is 34.6 Å². The van der Waals surface area contributed by atoms with Crippen molar-refractivity contribution in [3.05, 3.63) is 69.3 Å². The molecule has 2 amide bonds. The molecule has 45 heavy (non-hydrogen) atoms. The summed E-state index contributed by atoms with van der Waals surface area (Å²) >= 11 is 12.7. The molecule has 0 unspecified atom stereocenters. The normalized spacial score (nSPS) is 24.9. The summed E-state index contributed by atoms with van der Waals surface area (Å²) in [5, 5.41) is 3.79. The lowest BCUT2D eigenvalue weighted by Crippen LogP contribution is -2.60. The van der Waals surface area contributed by atoms with E-state index in [-0.39, 0.29) is 43.8 Å². The van der Waals surface area contributed by atoms with Crippen LogP contribution in [0.3, 0.4) is 0 Å². The van der Waals surface area contributed by atoms with Crippen molar-refractivity contribution < 1.29 is 33.3 Å². The Labute approximate surface area is 274 Å². The zero-order valence-electron chi connectivity index (χ0n) is 26.1. The smallest absolute Gasteiger partial charge is 0.320 e. The second kappa shape index (κ2) is 14.0. The molecular formula is C34H40Cl2N2O7. The lowest BCUT2D eigenvalue weighted by atomic mass is 9.66. The summed E-state index contributed by atoms with van der Waals surface area (Å²) in [4.78, 5) is 43.1. The van der Waals surface area contributed by atoms with Crippen LogP contribution in [-0.2, 0) is 36.9 Å². The van der Waals surface area contributed by atoms with Crippen LogP contribution in [-0.4, -0.2) is 56.2 Å². The van der Waals surface area contributed by atoms with Crippen LogP contribution < -0.4 is 14.8 Å². The number of piperidine rings is 1. The molecule has 1 aliphatic carbocycles. The van der Waals surface area contributed by atoms with E-state index in [0.29, 0.717) is 38.7 Å². The first-order valence-corrected chi connectivity index (χ1v) is 16.1. The highest BCUT2D eigenvalue weighted by Gasteiger charge is 2.60. The third-order valence-corrected chi connectivity index (χ3v) is 10.0. The van der Waals surface area contributed by atoms with E-state index >= 15 is 0 Å². The van der Waals surface area contributed by atoms with Crippen LogP contribution >= 0.6 is 23.2 Å². The lowest BCUT2D eigenvalue weighted by Gasteiger charge is -2.52. The van der Waals surface area contributed by atoms with Crippen molar-refractivity contribution in [2.24, 2.45) is 17.3 Å². The van der Waals surface area contributed by atoms with Crippen LogP contribution in [0.4, 0.5) is 0 Å². The number of amides is 2. The standard InChI is InChI=1S/C34H40Cl2N2O7/c1-20-34(33(41)44-4)17-24(14-31(39)37-18-21-9-12-27(42-2)29(13-21)43-3)32(40)38(19-23-10-11-25(35)15-26(23)36)30(34)16-28(45-20)22-7-5-6-8-22/h9-13,15-16,20,22,24,28H,5-8,14,17-19H2,1-4H3,(H,37,39)/t20-,24+,28-,34+/m1/s1. The lowest BCUT2D eigenvalue weighted by molar-refractivity contribution is -0.178. The summed E-state index contributed by atoms with van der Waals surface area (Å²) in [6.45, 7) is 2.19. The molecule has 0 aromatic heterocycles. The maximum atomic E-state index is 14.3. The summed E-state index contributed by atoms with van der Waals surface area (Å²) in [6.07, 6.45) is 5.35. The Hall–Kier alpha value is -3.27. The molecule has 242 valence electrons. The van der Waals surface area contributed by atoms with Gasteiger partial charge in [-0.3, -0.25) is 14.4 Å². The number of likely N-dealkylation sites (tertiary alicyclic amines) is 1. The molecule has 11 heteroatoms. The summed E-state index contributed by atoms with van der Waals surface area (Å²) in [5.74, 6) is -0.470. The Balaban J connectivity index is 1.46. The predicted octanol–water partition coefficient (Wildman–Crippen LogP) is 6.09. The second-order valence-corrected chi connectivity index (χ2v) is 12.9. The topological polar surface area (TPSA) is 103 Å². The van der Waals surface area contributed by atoms with E-state index < -0.39 is 23.4 Å². The molecule has 1 N–H and O–H groups in total. The zero-order chi connectivity index (χ0) is 32.3. The number of rotatable bonds is 10. The van der Waals surface area contributed by atoms with Crippen LogP contribution in [0.1, 0.15) is 56.6 Å². The van der Waals surface area contributed by atoms with E-state index in [1.165, 1.54) is 7.11 Å². The van der Waals surface area contributed by atoms with Crippen molar-refractivity contribution >= 4 is 41.0 Å². The van der Waals surface area contributed by atoms with Crippen LogP contribution in [0.25, 0.3) is 0 Å². The largest absolute Gasteiger partial charge is 0.493 e. The van der Waals surface area contributed by atoms with Crippen LogP contribution in [0.5, 0.6) is 11.5 Å². The number of hydrogen-bond donors (Lipinski definition) is 1. The van der Waals surface area contributed by atoms with E-state index in [9.17, 15) is 14.4 Å². The van der Waals surface area contributed by atoms with E-state index in [0.717, 1.165) is 31.2 Å². The maximum absolute atomic E-state index is 14.3. The number of fused-ring (bicyclic) bond motifs is 1. The molecule has 4 atom stereocenters. The number of hydrogen-bond acceptors (Lipinski definition) is 7. The predicted molar refractivity (Wildman–Crippen MR) is 170 cm³/mol. The van der Waals surface area contributed by atoms with Gasteiger partial charge in [0.1, 0.15) is 5.41 Å². The molecule has 9 nitrogen and oxygen atoms in total. The van der Waals surface area contributed by atoms with Crippen molar-refractivity contribution in [2.75, 3.05) is 21.3 Å². The van der Waals surface area contributed by atoms with Gasteiger partial charge in [0.25, 0.3) is 0 Å². The third-order valence-electron chi connectivity index (χ3n) is 9.44. The molecule has 3 aliphatic rings. The Morgan fingerprint density at radius 2 is 1.78 bits per heavy atom.